The molecule has 3 fully saturated rings. The molecule has 2 heteroatoms. The molecular weight excluding hydrogens is 192 g/mol. The molecule has 0 spiro atoms. The van der Waals surface area contributed by atoms with Gasteiger partial charge < -0.3 is 4.74 Å². The Morgan fingerprint density at radius 2 is 2.10 bits per heavy atom. The summed E-state index contributed by atoms with van der Waals surface area (Å²) in [5, 5.41) is 1.10. The lowest BCUT2D eigenvalue weighted by Gasteiger charge is -2.40. The minimum Gasteiger partial charge on any atom is -0.372 e. The van der Waals surface area contributed by atoms with Gasteiger partial charge >= 0.3 is 0 Å². The third-order valence-corrected chi connectivity index (χ3v) is 4.30. The van der Waals surface area contributed by atoms with E-state index in [4.69, 9.17) is 4.74 Å². The predicted molar refractivity (Wildman–Crippen MR) is 44.4 cm³/mol. The van der Waals surface area contributed by atoms with Gasteiger partial charge in [0.15, 0.2) is 0 Å². The van der Waals surface area contributed by atoms with Crippen LogP contribution in [-0.4, -0.2) is 17.0 Å². The number of halogens is 1. The number of hydrogen-bond acceptors (Lipinski definition) is 1. The lowest BCUT2D eigenvalue weighted by Crippen LogP contribution is -2.43. The van der Waals surface area contributed by atoms with E-state index >= 15 is 0 Å². The summed E-state index contributed by atoms with van der Waals surface area (Å²) in [6, 6.07) is 0. The Morgan fingerprint density at radius 3 is 2.30 bits per heavy atom. The second-order valence-corrected chi connectivity index (χ2v) is 4.63. The molecule has 0 aromatic rings. The smallest absolute Gasteiger partial charge is 0.0696 e. The van der Waals surface area contributed by atoms with E-state index in [0.29, 0.717) is 11.5 Å². The number of alkyl halides is 1. The van der Waals surface area contributed by atoms with Gasteiger partial charge in [-0.25, -0.2) is 0 Å². The molecule has 1 nitrogen and oxygen atoms in total. The highest BCUT2D eigenvalue weighted by molar-refractivity contribution is 9.09. The molecule has 0 unspecified atom stereocenters. The Balaban J connectivity index is 2.25. The highest BCUT2D eigenvalue weighted by Gasteiger charge is 2.62. The number of hydrogen-bond donors (Lipinski definition) is 0. The van der Waals surface area contributed by atoms with Crippen molar-refractivity contribution >= 4 is 15.9 Å². The SMILES string of the molecule is CC1(C)OC2CC1(CBr)C2. The van der Waals surface area contributed by atoms with E-state index in [1.807, 2.05) is 0 Å². The largest absolute Gasteiger partial charge is 0.372 e. The molecular formula is C8H13BrO. The highest BCUT2D eigenvalue weighted by atomic mass is 79.9. The Morgan fingerprint density at radius 1 is 1.50 bits per heavy atom. The van der Waals surface area contributed by atoms with Gasteiger partial charge in [-0.2, -0.15) is 0 Å². The van der Waals surface area contributed by atoms with Crippen molar-refractivity contribution in [2.75, 3.05) is 5.33 Å². The van der Waals surface area contributed by atoms with Crippen molar-refractivity contribution in [1.29, 1.82) is 0 Å². The van der Waals surface area contributed by atoms with Crippen LogP contribution in [-0.2, 0) is 4.74 Å². The third kappa shape index (κ3) is 0.620. The van der Waals surface area contributed by atoms with Crippen LogP contribution in [0.2, 0.25) is 0 Å². The van der Waals surface area contributed by atoms with Gasteiger partial charge in [-0.05, 0) is 26.7 Å². The summed E-state index contributed by atoms with van der Waals surface area (Å²) < 4.78 is 5.79. The monoisotopic (exact) mass is 204 g/mol. The molecule has 58 valence electrons. The zero-order chi connectivity index (χ0) is 7.41. The first kappa shape index (κ1) is 7.11. The Bertz CT molecular complexity index is 159. The standard InChI is InChI=1S/C8H13BrO/c1-7(2)8(5-9)3-6(4-8)10-7/h6H,3-5H2,1-2H3. The molecule has 0 aromatic carbocycles. The van der Waals surface area contributed by atoms with E-state index in [2.05, 4.69) is 29.8 Å². The molecule has 0 aromatic heterocycles. The maximum Gasteiger partial charge on any atom is 0.0696 e. The van der Waals surface area contributed by atoms with Gasteiger partial charge in [0.05, 0.1) is 11.7 Å². The van der Waals surface area contributed by atoms with Crippen molar-refractivity contribution in [3.05, 3.63) is 0 Å². The van der Waals surface area contributed by atoms with E-state index < -0.39 is 0 Å². The number of rotatable bonds is 1. The van der Waals surface area contributed by atoms with Gasteiger partial charge in [-0.15, -0.1) is 0 Å². The lowest BCUT2D eigenvalue weighted by molar-refractivity contribution is 0.0138. The van der Waals surface area contributed by atoms with Crippen LogP contribution in [0.1, 0.15) is 26.7 Å². The molecule has 2 bridgehead atoms. The summed E-state index contributed by atoms with van der Waals surface area (Å²) >= 11 is 3.57. The average molecular weight is 205 g/mol. The van der Waals surface area contributed by atoms with Crippen molar-refractivity contribution in [1.82, 2.24) is 0 Å². The zero-order valence-corrected chi connectivity index (χ0v) is 8.07. The summed E-state index contributed by atoms with van der Waals surface area (Å²) in [7, 11) is 0. The Kier molecular flexibility index (Phi) is 1.26. The second kappa shape index (κ2) is 1.78. The van der Waals surface area contributed by atoms with E-state index in [0.717, 1.165) is 5.33 Å². The molecule has 0 radical (unpaired) electrons. The fourth-order valence-electron chi connectivity index (χ4n) is 2.20. The molecule has 1 saturated carbocycles. The number of ether oxygens (including phenoxy) is 1. The van der Waals surface area contributed by atoms with Crippen molar-refractivity contribution in [2.24, 2.45) is 5.41 Å². The normalized spacial score (nSPS) is 48.9. The van der Waals surface area contributed by atoms with Crippen LogP contribution in [0.3, 0.4) is 0 Å². The molecule has 0 amide bonds. The topological polar surface area (TPSA) is 9.23 Å². The van der Waals surface area contributed by atoms with E-state index in [1.54, 1.807) is 0 Å². The predicted octanol–water partition coefficient (Wildman–Crippen LogP) is 2.34. The minimum absolute atomic E-state index is 0.126. The van der Waals surface area contributed by atoms with Crippen molar-refractivity contribution in [3.63, 3.8) is 0 Å². The second-order valence-electron chi connectivity index (χ2n) is 4.07. The van der Waals surface area contributed by atoms with Crippen molar-refractivity contribution in [2.45, 2.75) is 38.4 Å². The van der Waals surface area contributed by atoms with E-state index in [-0.39, 0.29) is 5.60 Å². The fraction of sp³-hybridized carbons (Fsp3) is 1.00. The van der Waals surface area contributed by atoms with Crippen LogP contribution < -0.4 is 0 Å². The molecule has 0 N–H and O–H groups in total. The van der Waals surface area contributed by atoms with Crippen LogP contribution in [0.25, 0.3) is 0 Å². The first-order chi connectivity index (χ1) is 4.60. The summed E-state index contributed by atoms with van der Waals surface area (Å²) in [6.07, 6.45) is 3.11. The summed E-state index contributed by atoms with van der Waals surface area (Å²) in [6.45, 7) is 4.42. The molecule has 3 aliphatic rings. The van der Waals surface area contributed by atoms with Crippen LogP contribution in [0, 0.1) is 5.41 Å². The van der Waals surface area contributed by atoms with Gasteiger partial charge in [-0.1, -0.05) is 15.9 Å². The van der Waals surface area contributed by atoms with Gasteiger partial charge in [0.1, 0.15) is 0 Å². The van der Waals surface area contributed by atoms with E-state index in [1.165, 1.54) is 12.8 Å². The fourth-order valence-corrected chi connectivity index (χ4v) is 3.33. The Hall–Kier alpha value is 0.440. The van der Waals surface area contributed by atoms with Crippen LogP contribution in [0.5, 0.6) is 0 Å². The maximum atomic E-state index is 5.79. The van der Waals surface area contributed by atoms with E-state index in [9.17, 15) is 0 Å². The van der Waals surface area contributed by atoms with Crippen LogP contribution >= 0.6 is 15.9 Å². The third-order valence-electron chi connectivity index (χ3n) is 3.23. The maximum absolute atomic E-state index is 5.79. The summed E-state index contributed by atoms with van der Waals surface area (Å²) in [4.78, 5) is 0. The van der Waals surface area contributed by atoms with Crippen molar-refractivity contribution < 1.29 is 4.74 Å². The molecule has 3 rings (SSSR count). The molecule has 1 aliphatic carbocycles. The quantitative estimate of drug-likeness (QED) is 0.597. The van der Waals surface area contributed by atoms with Crippen molar-refractivity contribution in [3.8, 4) is 0 Å². The summed E-state index contributed by atoms with van der Waals surface area (Å²) in [5.74, 6) is 0. The van der Waals surface area contributed by atoms with Gasteiger partial charge in [0, 0.05) is 10.7 Å². The zero-order valence-electron chi connectivity index (χ0n) is 6.48. The highest BCUT2D eigenvalue weighted by Crippen LogP contribution is 2.60. The van der Waals surface area contributed by atoms with Crippen LogP contribution in [0.15, 0.2) is 0 Å². The molecule has 2 heterocycles. The molecule has 2 saturated heterocycles. The van der Waals surface area contributed by atoms with Crippen LogP contribution in [0.4, 0.5) is 0 Å². The average Bonchev–Trinajstić information content (AvgIpc) is 2.11. The van der Waals surface area contributed by atoms with Gasteiger partial charge in [0.2, 0.25) is 0 Å². The first-order valence-corrected chi connectivity index (χ1v) is 4.96. The minimum atomic E-state index is 0.126. The number of fused-ring (bicyclic) bond motifs is 1. The molecule has 2 aliphatic heterocycles. The first-order valence-electron chi connectivity index (χ1n) is 3.83. The molecule has 0 atom stereocenters. The lowest BCUT2D eigenvalue weighted by atomic mass is 9.63. The van der Waals surface area contributed by atoms with Gasteiger partial charge in [0.25, 0.3) is 0 Å². The summed E-state index contributed by atoms with van der Waals surface area (Å²) in [5.41, 5.74) is 0.596. The van der Waals surface area contributed by atoms with Gasteiger partial charge in [-0.3, -0.25) is 0 Å². The Labute approximate surface area is 70.3 Å². The molecule has 10 heavy (non-hydrogen) atoms.